The van der Waals surface area contributed by atoms with Crippen LogP contribution in [0.1, 0.15) is 18.7 Å². The number of nitrogens with zero attached hydrogens (tertiary/aromatic N) is 5. The van der Waals surface area contributed by atoms with Crippen molar-refractivity contribution in [3.8, 4) is 11.6 Å². The fraction of sp³-hybridized carbons (Fsp3) is 0.222. The number of hydrogen-bond donors (Lipinski definition) is 4. The minimum atomic E-state index is -1.43. The molecule has 1 unspecified atom stereocenters. The van der Waals surface area contributed by atoms with Crippen molar-refractivity contribution in [1.82, 2.24) is 34.7 Å². The molecule has 4 rings (SSSR count). The molecule has 0 saturated carbocycles. The molecule has 0 aliphatic rings. The third-order valence-electron chi connectivity index (χ3n) is 5.94. The average molecular weight is 597 g/mol. The molecule has 0 saturated heterocycles. The predicted molar refractivity (Wildman–Crippen MR) is 149 cm³/mol. The maximum absolute atomic E-state index is 14.1. The molecule has 0 aliphatic carbocycles. The van der Waals surface area contributed by atoms with E-state index in [9.17, 15) is 28.0 Å². The number of pyridine rings is 1. The Labute approximate surface area is 242 Å². The Morgan fingerprint density at radius 3 is 2.72 bits per heavy atom. The summed E-state index contributed by atoms with van der Waals surface area (Å²) < 4.78 is 34.1. The molecule has 0 aliphatic heterocycles. The molecule has 0 spiro atoms. The van der Waals surface area contributed by atoms with Crippen LogP contribution < -0.4 is 20.9 Å². The molecule has 0 fully saturated rings. The van der Waals surface area contributed by atoms with Gasteiger partial charge >= 0.3 is 6.09 Å². The quantitative estimate of drug-likeness (QED) is 0.189. The number of ether oxygens (including phenoxy) is 1. The molecule has 224 valence electrons. The van der Waals surface area contributed by atoms with Crippen LogP contribution in [0.5, 0.6) is 11.6 Å². The van der Waals surface area contributed by atoms with Gasteiger partial charge in [0.15, 0.2) is 17.2 Å². The summed E-state index contributed by atoms with van der Waals surface area (Å²) in [6, 6.07) is 4.45. The smallest absolute Gasteiger partial charge is 0.405 e. The summed E-state index contributed by atoms with van der Waals surface area (Å²) in [7, 11) is 3.15. The molecule has 0 bridgehead atoms. The van der Waals surface area contributed by atoms with E-state index < -0.39 is 35.2 Å². The summed E-state index contributed by atoms with van der Waals surface area (Å²) in [6.07, 6.45) is 4.23. The van der Waals surface area contributed by atoms with E-state index in [1.165, 1.54) is 39.9 Å². The van der Waals surface area contributed by atoms with Crippen molar-refractivity contribution in [3.63, 3.8) is 0 Å². The molecule has 1 atom stereocenters. The molecule has 3 amide bonds. The molecular formula is C27H26F2N8O6. The third-order valence-corrected chi connectivity index (χ3v) is 5.94. The highest BCUT2D eigenvalue weighted by Crippen LogP contribution is 2.27. The zero-order chi connectivity index (χ0) is 31.1. The summed E-state index contributed by atoms with van der Waals surface area (Å²) >= 11 is 0. The number of nitrogens with one attached hydrogen (secondary N) is 3. The Balaban J connectivity index is 1.49. The van der Waals surface area contributed by atoms with E-state index in [4.69, 9.17) is 9.84 Å². The van der Waals surface area contributed by atoms with Crippen LogP contribution >= 0.6 is 0 Å². The summed E-state index contributed by atoms with van der Waals surface area (Å²) in [4.78, 5) is 65.5. The first-order chi connectivity index (χ1) is 20.5. The van der Waals surface area contributed by atoms with Gasteiger partial charge in [-0.2, -0.15) is 4.98 Å². The van der Waals surface area contributed by atoms with E-state index in [2.05, 4.69) is 30.6 Å². The second-order valence-electron chi connectivity index (χ2n) is 9.30. The van der Waals surface area contributed by atoms with Gasteiger partial charge in [0.05, 0.1) is 6.54 Å². The maximum Gasteiger partial charge on any atom is 0.405 e. The molecule has 3 aromatic heterocycles. The number of amides is 3. The van der Waals surface area contributed by atoms with E-state index in [1.54, 1.807) is 14.1 Å². The van der Waals surface area contributed by atoms with Gasteiger partial charge in [-0.25, -0.2) is 23.5 Å². The number of rotatable bonds is 11. The van der Waals surface area contributed by atoms with Crippen molar-refractivity contribution in [2.45, 2.75) is 25.4 Å². The van der Waals surface area contributed by atoms with Crippen molar-refractivity contribution >= 4 is 34.8 Å². The SMILES string of the molecule is CN(C)C(=O)C=CCCC(NC(=O)O)C(=O)Nc1cccn(Cc2nc3ncnc(Oc4ccc(F)cc4F)c3[nH]2)c1=O. The lowest BCUT2D eigenvalue weighted by Gasteiger charge is -2.16. The largest absolute Gasteiger partial charge is 0.465 e. The number of aromatic amines is 1. The van der Waals surface area contributed by atoms with Crippen LogP contribution in [-0.4, -0.2) is 72.6 Å². The molecule has 0 radical (unpaired) electrons. The fourth-order valence-electron chi connectivity index (χ4n) is 3.82. The summed E-state index contributed by atoms with van der Waals surface area (Å²) in [6.45, 7) is -0.106. The number of aromatic nitrogens is 5. The van der Waals surface area contributed by atoms with E-state index in [1.807, 2.05) is 0 Å². The number of likely N-dealkylation sites (N-methyl/N-ethyl adjacent to an activating group) is 1. The van der Waals surface area contributed by atoms with Gasteiger partial charge in [0, 0.05) is 26.4 Å². The molecule has 4 aromatic rings. The Morgan fingerprint density at radius 1 is 1.21 bits per heavy atom. The number of imidazole rings is 1. The standard InChI is InChI=1S/C27H26F2N8O6/c1-36(2)21(38)8-4-3-6-17(33-27(41)42)24(39)32-18-7-5-11-37(26(18)40)13-20-34-22-23(35-20)30-14-31-25(22)43-19-10-9-15(28)12-16(19)29/h4-5,7-12,14,17,33H,3,6,13H2,1-2H3,(H,32,39)(H,41,42)(H,30,31,34,35). The van der Waals surface area contributed by atoms with E-state index in [0.29, 0.717) is 6.07 Å². The molecule has 1 aromatic carbocycles. The van der Waals surface area contributed by atoms with Crippen LogP contribution in [0.3, 0.4) is 0 Å². The predicted octanol–water partition coefficient (Wildman–Crippen LogP) is 2.63. The van der Waals surface area contributed by atoms with E-state index >= 15 is 0 Å². The lowest BCUT2D eigenvalue weighted by atomic mass is 10.1. The van der Waals surface area contributed by atoms with Crippen molar-refractivity contribution in [2.24, 2.45) is 0 Å². The maximum atomic E-state index is 14.1. The van der Waals surface area contributed by atoms with Crippen molar-refractivity contribution in [3.05, 3.63) is 82.8 Å². The minimum absolute atomic E-state index is 0.0304. The van der Waals surface area contributed by atoms with Crippen LogP contribution in [0.2, 0.25) is 0 Å². The van der Waals surface area contributed by atoms with E-state index in [-0.39, 0.29) is 59.6 Å². The van der Waals surface area contributed by atoms with Gasteiger partial charge in [0.25, 0.3) is 5.56 Å². The third kappa shape index (κ3) is 7.75. The van der Waals surface area contributed by atoms with Crippen LogP contribution in [0, 0.1) is 11.6 Å². The molecule has 16 heteroatoms. The highest BCUT2D eigenvalue weighted by molar-refractivity contribution is 5.96. The number of H-pyrrole nitrogens is 1. The van der Waals surface area contributed by atoms with Gasteiger partial charge in [-0.05, 0) is 43.2 Å². The lowest BCUT2D eigenvalue weighted by molar-refractivity contribution is -0.123. The number of allylic oxidation sites excluding steroid dienone is 1. The lowest BCUT2D eigenvalue weighted by Crippen LogP contribution is -2.44. The summed E-state index contributed by atoms with van der Waals surface area (Å²) in [5, 5.41) is 13.7. The molecule has 43 heavy (non-hydrogen) atoms. The number of halogens is 2. The van der Waals surface area contributed by atoms with Crippen LogP contribution in [0.25, 0.3) is 11.2 Å². The first kappa shape index (κ1) is 30.3. The second-order valence-corrected chi connectivity index (χ2v) is 9.30. The Kier molecular flexibility index (Phi) is 9.39. The van der Waals surface area contributed by atoms with Gasteiger partial charge in [0.2, 0.25) is 17.7 Å². The number of carbonyl (C=O) groups is 3. The van der Waals surface area contributed by atoms with Crippen LogP contribution in [-0.2, 0) is 16.1 Å². The summed E-state index contributed by atoms with van der Waals surface area (Å²) in [5.41, 5.74) is -0.376. The zero-order valence-corrected chi connectivity index (χ0v) is 22.9. The first-order valence-corrected chi connectivity index (χ1v) is 12.7. The Bertz CT molecular complexity index is 1750. The van der Waals surface area contributed by atoms with Crippen molar-refractivity contribution in [2.75, 3.05) is 19.4 Å². The minimum Gasteiger partial charge on any atom is -0.465 e. The van der Waals surface area contributed by atoms with Gasteiger partial charge in [0.1, 0.15) is 35.2 Å². The van der Waals surface area contributed by atoms with Crippen LogP contribution in [0.4, 0.5) is 19.3 Å². The molecule has 3 heterocycles. The molecule has 4 N–H and O–H groups in total. The number of fused-ring (bicyclic) bond motifs is 1. The highest BCUT2D eigenvalue weighted by Gasteiger charge is 2.21. The molecular weight excluding hydrogens is 570 g/mol. The zero-order valence-electron chi connectivity index (χ0n) is 22.9. The molecule has 14 nitrogen and oxygen atoms in total. The van der Waals surface area contributed by atoms with Gasteiger partial charge in [-0.1, -0.05) is 6.08 Å². The van der Waals surface area contributed by atoms with E-state index in [0.717, 1.165) is 18.5 Å². The fourth-order valence-corrected chi connectivity index (χ4v) is 3.82. The Morgan fingerprint density at radius 2 is 2.00 bits per heavy atom. The highest BCUT2D eigenvalue weighted by atomic mass is 19.1. The van der Waals surface area contributed by atoms with Crippen molar-refractivity contribution < 1.29 is 33.0 Å². The van der Waals surface area contributed by atoms with Crippen molar-refractivity contribution in [1.29, 1.82) is 0 Å². The number of hydrogen-bond acceptors (Lipinski definition) is 8. The monoisotopic (exact) mass is 596 g/mol. The van der Waals surface area contributed by atoms with Gasteiger partial charge in [-0.3, -0.25) is 14.4 Å². The second kappa shape index (κ2) is 13.3. The first-order valence-electron chi connectivity index (χ1n) is 12.7. The Hall–Kier alpha value is -5.67. The van der Waals surface area contributed by atoms with Crippen LogP contribution in [0.15, 0.2) is 59.8 Å². The number of carboxylic acid groups (broad SMARTS) is 1. The summed E-state index contributed by atoms with van der Waals surface area (Å²) in [5.74, 6) is -2.85. The van der Waals surface area contributed by atoms with Gasteiger partial charge in [-0.15, -0.1) is 0 Å². The number of carbonyl (C=O) groups excluding carboxylic acids is 2. The average Bonchev–Trinajstić information content (AvgIpc) is 3.37. The topological polar surface area (TPSA) is 184 Å². The number of benzene rings is 1. The normalized spacial score (nSPS) is 11.8. The number of anilines is 1. The van der Waals surface area contributed by atoms with Gasteiger partial charge < -0.3 is 34.9 Å².